The van der Waals surface area contributed by atoms with E-state index in [4.69, 9.17) is 4.42 Å². The molecular formula is C23H35N5O. The van der Waals surface area contributed by atoms with Gasteiger partial charge in [-0.2, -0.15) is 0 Å². The van der Waals surface area contributed by atoms with Crippen LogP contribution in [0.25, 0.3) is 0 Å². The maximum absolute atomic E-state index is 5.86. The van der Waals surface area contributed by atoms with Crippen LogP contribution < -0.4 is 10.6 Å². The first-order valence-corrected chi connectivity index (χ1v) is 10.7. The van der Waals surface area contributed by atoms with Crippen molar-refractivity contribution in [1.82, 2.24) is 20.5 Å². The molecule has 0 unspecified atom stereocenters. The van der Waals surface area contributed by atoms with Crippen LogP contribution in [0.3, 0.4) is 0 Å². The maximum atomic E-state index is 5.86. The first kappa shape index (κ1) is 21.4. The molecule has 158 valence electrons. The molecule has 1 aliphatic rings. The van der Waals surface area contributed by atoms with Crippen LogP contribution in [0.4, 0.5) is 0 Å². The van der Waals surface area contributed by atoms with Gasteiger partial charge in [0.25, 0.3) is 0 Å². The second-order valence-corrected chi connectivity index (χ2v) is 8.74. The number of aromatic nitrogens is 1. The third kappa shape index (κ3) is 6.60. The zero-order valence-corrected chi connectivity index (χ0v) is 18.2. The molecule has 2 N–H and O–H groups in total. The van der Waals surface area contributed by atoms with Crippen molar-refractivity contribution in [2.24, 2.45) is 4.99 Å². The summed E-state index contributed by atoms with van der Waals surface area (Å²) in [6.45, 7) is 12.9. The Balaban J connectivity index is 1.50. The Morgan fingerprint density at radius 3 is 2.55 bits per heavy atom. The van der Waals surface area contributed by atoms with Crippen molar-refractivity contribution in [1.29, 1.82) is 0 Å². The second-order valence-electron chi connectivity index (χ2n) is 8.74. The molecule has 2 heterocycles. The number of guanidine groups is 1. The van der Waals surface area contributed by atoms with Gasteiger partial charge in [-0.1, -0.05) is 51.1 Å². The Morgan fingerprint density at radius 1 is 1.21 bits per heavy atom. The highest BCUT2D eigenvalue weighted by molar-refractivity contribution is 5.80. The van der Waals surface area contributed by atoms with Crippen LogP contribution in [0.1, 0.15) is 57.8 Å². The van der Waals surface area contributed by atoms with Crippen molar-refractivity contribution < 1.29 is 4.42 Å². The van der Waals surface area contributed by atoms with E-state index in [9.17, 15) is 0 Å². The van der Waals surface area contributed by atoms with Crippen molar-refractivity contribution in [2.75, 3.05) is 19.6 Å². The number of piperidine rings is 1. The molecule has 1 aromatic carbocycles. The Hall–Kier alpha value is -2.34. The minimum Gasteiger partial charge on any atom is -0.443 e. The summed E-state index contributed by atoms with van der Waals surface area (Å²) < 4.78 is 5.86. The topological polar surface area (TPSA) is 65.7 Å². The molecule has 1 aromatic heterocycles. The van der Waals surface area contributed by atoms with Crippen molar-refractivity contribution in [3.8, 4) is 0 Å². The summed E-state index contributed by atoms with van der Waals surface area (Å²) in [5.74, 6) is 2.39. The molecule has 0 aliphatic carbocycles. The summed E-state index contributed by atoms with van der Waals surface area (Å²) in [5.41, 5.74) is 1.35. The van der Waals surface area contributed by atoms with Crippen LogP contribution in [0.5, 0.6) is 0 Å². The number of aliphatic imine (C=N–C) groups is 1. The molecule has 0 spiro atoms. The third-order valence-corrected chi connectivity index (χ3v) is 5.19. The van der Waals surface area contributed by atoms with E-state index < -0.39 is 0 Å². The molecule has 0 radical (unpaired) electrons. The van der Waals surface area contributed by atoms with Crippen LogP contribution in [-0.4, -0.2) is 41.5 Å². The highest BCUT2D eigenvalue weighted by atomic mass is 16.4. The highest BCUT2D eigenvalue weighted by Crippen LogP contribution is 2.22. The quantitative estimate of drug-likeness (QED) is 0.575. The molecule has 6 heteroatoms. The molecule has 2 aromatic rings. The van der Waals surface area contributed by atoms with Crippen LogP contribution in [-0.2, 0) is 18.5 Å². The highest BCUT2D eigenvalue weighted by Gasteiger charge is 2.21. The van der Waals surface area contributed by atoms with E-state index in [0.717, 1.165) is 50.7 Å². The number of likely N-dealkylation sites (tertiary alicyclic amines) is 1. The molecule has 1 saturated heterocycles. The van der Waals surface area contributed by atoms with Gasteiger partial charge in [-0.25, -0.2) is 9.98 Å². The van der Waals surface area contributed by atoms with E-state index in [1.54, 1.807) is 0 Å². The predicted octanol–water partition coefficient (Wildman–Crippen LogP) is 3.69. The second kappa shape index (κ2) is 9.92. The fraction of sp³-hybridized carbons (Fsp3) is 0.565. The fourth-order valence-electron chi connectivity index (χ4n) is 3.47. The average Bonchev–Trinajstić information content (AvgIpc) is 3.18. The summed E-state index contributed by atoms with van der Waals surface area (Å²) in [4.78, 5) is 11.6. The summed E-state index contributed by atoms with van der Waals surface area (Å²) in [7, 11) is 0. The molecular weight excluding hydrogens is 362 g/mol. The van der Waals surface area contributed by atoms with Gasteiger partial charge in [0.2, 0.25) is 5.89 Å². The predicted molar refractivity (Wildman–Crippen MR) is 118 cm³/mol. The van der Waals surface area contributed by atoms with E-state index >= 15 is 0 Å². The SMILES string of the molecule is CCNC(=NCc1ncc(C(C)(C)C)o1)NC1CCN(Cc2ccccc2)CC1. The van der Waals surface area contributed by atoms with Crippen LogP contribution in [0, 0.1) is 0 Å². The van der Waals surface area contributed by atoms with Crippen molar-refractivity contribution in [2.45, 2.75) is 65.1 Å². The number of nitrogens with zero attached hydrogens (tertiary/aromatic N) is 3. The zero-order chi connectivity index (χ0) is 20.7. The van der Waals surface area contributed by atoms with E-state index in [1.807, 2.05) is 6.20 Å². The van der Waals surface area contributed by atoms with Gasteiger partial charge in [0.05, 0.1) is 6.20 Å². The minimum absolute atomic E-state index is 0.0363. The standard InChI is InChI=1S/C23H35N5O/c1-5-24-22(26-16-21-25-15-20(29-21)23(2,3)4)27-19-11-13-28(14-12-19)17-18-9-7-6-8-10-18/h6-10,15,19H,5,11-14,16-17H2,1-4H3,(H2,24,26,27). The van der Waals surface area contributed by atoms with Crippen LogP contribution >= 0.6 is 0 Å². The third-order valence-electron chi connectivity index (χ3n) is 5.19. The first-order valence-electron chi connectivity index (χ1n) is 10.7. The van der Waals surface area contributed by atoms with Crippen molar-refractivity contribution in [3.05, 3.63) is 53.7 Å². The molecule has 0 atom stereocenters. The van der Waals surface area contributed by atoms with Gasteiger partial charge < -0.3 is 15.1 Å². The van der Waals surface area contributed by atoms with Gasteiger partial charge in [-0.15, -0.1) is 0 Å². The monoisotopic (exact) mass is 397 g/mol. The number of hydrogen-bond donors (Lipinski definition) is 2. The van der Waals surface area contributed by atoms with E-state index in [0.29, 0.717) is 18.5 Å². The zero-order valence-electron chi connectivity index (χ0n) is 18.2. The van der Waals surface area contributed by atoms with Gasteiger partial charge in [-0.05, 0) is 25.3 Å². The number of benzene rings is 1. The van der Waals surface area contributed by atoms with E-state index in [1.165, 1.54) is 5.56 Å². The van der Waals surface area contributed by atoms with Gasteiger partial charge in [0.15, 0.2) is 5.96 Å². The van der Waals surface area contributed by atoms with Gasteiger partial charge in [0, 0.05) is 37.6 Å². The Labute approximate surface area is 174 Å². The summed E-state index contributed by atoms with van der Waals surface area (Å²) in [6.07, 6.45) is 4.04. The van der Waals surface area contributed by atoms with Gasteiger partial charge in [0.1, 0.15) is 12.3 Å². The fourth-order valence-corrected chi connectivity index (χ4v) is 3.47. The van der Waals surface area contributed by atoms with Crippen LogP contribution in [0.2, 0.25) is 0 Å². The lowest BCUT2D eigenvalue weighted by Gasteiger charge is -2.33. The van der Waals surface area contributed by atoms with Gasteiger partial charge in [-0.3, -0.25) is 4.90 Å². The van der Waals surface area contributed by atoms with E-state index in [-0.39, 0.29) is 5.41 Å². The summed E-state index contributed by atoms with van der Waals surface area (Å²) in [6, 6.07) is 11.1. The lowest BCUT2D eigenvalue weighted by atomic mass is 9.94. The lowest BCUT2D eigenvalue weighted by Crippen LogP contribution is -2.48. The minimum atomic E-state index is -0.0363. The smallest absolute Gasteiger partial charge is 0.216 e. The molecule has 1 fully saturated rings. The molecule has 0 amide bonds. The first-order chi connectivity index (χ1) is 13.9. The molecule has 0 bridgehead atoms. The Bertz CT molecular complexity index is 770. The lowest BCUT2D eigenvalue weighted by molar-refractivity contribution is 0.198. The van der Waals surface area contributed by atoms with E-state index in [2.05, 4.69) is 83.5 Å². The summed E-state index contributed by atoms with van der Waals surface area (Å²) in [5, 5.41) is 6.94. The van der Waals surface area contributed by atoms with Crippen LogP contribution in [0.15, 0.2) is 45.9 Å². The number of rotatable bonds is 6. The number of oxazole rings is 1. The largest absolute Gasteiger partial charge is 0.443 e. The number of hydrogen-bond acceptors (Lipinski definition) is 4. The normalized spacial score (nSPS) is 16.8. The van der Waals surface area contributed by atoms with Gasteiger partial charge >= 0.3 is 0 Å². The Kier molecular flexibility index (Phi) is 7.31. The summed E-state index contributed by atoms with van der Waals surface area (Å²) >= 11 is 0. The number of nitrogens with one attached hydrogen (secondary N) is 2. The molecule has 1 aliphatic heterocycles. The van der Waals surface area contributed by atoms with Crippen molar-refractivity contribution in [3.63, 3.8) is 0 Å². The molecule has 6 nitrogen and oxygen atoms in total. The Morgan fingerprint density at radius 2 is 1.93 bits per heavy atom. The average molecular weight is 398 g/mol. The van der Waals surface area contributed by atoms with Crippen molar-refractivity contribution >= 4 is 5.96 Å². The molecule has 29 heavy (non-hydrogen) atoms. The maximum Gasteiger partial charge on any atom is 0.216 e. The molecule has 3 rings (SSSR count). The molecule has 0 saturated carbocycles.